The zero-order valence-corrected chi connectivity index (χ0v) is 11.9. The van der Waals surface area contributed by atoms with E-state index in [1.807, 2.05) is 6.92 Å². The Morgan fingerprint density at radius 1 is 1.05 bits per heavy atom. The van der Waals surface area contributed by atoms with Crippen LogP contribution in [0, 0.1) is 0 Å². The Bertz CT molecular complexity index is 553. The molecule has 0 bridgehead atoms. The zero-order chi connectivity index (χ0) is 15.4. The average Bonchev–Trinajstić information content (AvgIpc) is 2.44. The molecule has 6 nitrogen and oxygen atoms in total. The minimum atomic E-state index is -0.876. The number of amides is 2. The van der Waals surface area contributed by atoms with Crippen LogP contribution in [0.5, 0.6) is 0 Å². The number of nitrogens with zero attached hydrogens (tertiary/aromatic N) is 2. The molecule has 1 heterocycles. The van der Waals surface area contributed by atoms with E-state index in [1.165, 1.54) is 9.80 Å². The van der Waals surface area contributed by atoms with Crippen LogP contribution in [0.25, 0.3) is 0 Å². The van der Waals surface area contributed by atoms with Crippen LogP contribution in [0.15, 0.2) is 24.3 Å². The molecule has 0 saturated carbocycles. The number of piperazine rings is 1. The second kappa shape index (κ2) is 6.39. The third-order valence-electron chi connectivity index (χ3n) is 3.49. The molecule has 0 spiro atoms. The summed E-state index contributed by atoms with van der Waals surface area (Å²) >= 11 is 0. The van der Waals surface area contributed by atoms with Crippen molar-refractivity contribution in [3.05, 3.63) is 35.4 Å². The van der Waals surface area contributed by atoms with E-state index in [-0.39, 0.29) is 31.3 Å². The summed E-state index contributed by atoms with van der Waals surface area (Å²) in [4.78, 5) is 37.5. The summed E-state index contributed by atoms with van der Waals surface area (Å²) in [5, 5.41) is 8.71. The first-order valence-electron chi connectivity index (χ1n) is 6.84. The van der Waals surface area contributed by atoms with Gasteiger partial charge >= 0.3 is 5.97 Å². The normalized spacial score (nSPS) is 15.5. The van der Waals surface area contributed by atoms with E-state index in [0.717, 1.165) is 5.56 Å². The number of aliphatic carboxylic acids is 1. The van der Waals surface area contributed by atoms with Crippen molar-refractivity contribution in [2.24, 2.45) is 0 Å². The van der Waals surface area contributed by atoms with Crippen molar-refractivity contribution in [1.29, 1.82) is 0 Å². The molecule has 0 radical (unpaired) electrons. The van der Waals surface area contributed by atoms with Gasteiger partial charge in [0.2, 0.25) is 11.8 Å². The summed E-state index contributed by atoms with van der Waals surface area (Å²) in [6.45, 7) is 3.00. The number of carbonyl (C=O) groups is 3. The largest absolute Gasteiger partial charge is 0.481 e. The van der Waals surface area contributed by atoms with E-state index in [2.05, 4.69) is 0 Å². The highest BCUT2D eigenvalue weighted by atomic mass is 16.4. The Balaban J connectivity index is 2.00. The van der Waals surface area contributed by atoms with Crippen LogP contribution in [0.4, 0.5) is 0 Å². The molecule has 2 amide bonds. The lowest BCUT2D eigenvalue weighted by Gasteiger charge is -2.33. The molecule has 0 unspecified atom stereocenters. The number of benzene rings is 1. The van der Waals surface area contributed by atoms with Gasteiger partial charge in [0.05, 0.1) is 13.0 Å². The van der Waals surface area contributed by atoms with Crippen molar-refractivity contribution in [3.63, 3.8) is 0 Å². The number of rotatable bonds is 5. The summed E-state index contributed by atoms with van der Waals surface area (Å²) in [5.41, 5.74) is 1.60. The Hall–Kier alpha value is -2.37. The molecule has 6 heteroatoms. The molecule has 0 aromatic heterocycles. The monoisotopic (exact) mass is 290 g/mol. The predicted octanol–water partition coefficient (Wildman–Crippen LogP) is 0.504. The highest BCUT2D eigenvalue weighted by Crippen LogP contribution is 2.12. The quantitative estimate of drug-likeness (QED) is 0.857. The lowest BCUT2D eigenvalue weighted by Crippen LogP contribution is -2.53. The maximum atomic E-state index is 12.0. The number of carboxylic acids is 1. The number of hydrogen-bond donors (Lipinski definition) is 1. The molecule has 2 rings (SSSR count). The fourth-order valence-electron chi connectivity index (χ4n) is 2.29. The van der Waals surface area contributed by atoms with Gasteiger partial charge in [0, 0.05) is 13.1 Å². The molecule has 1 aromatic rings. The van der Waals surface area contributed by atoms with E-state index >= 15 is 0 Å². The number of carboxylic acid groups (broad SMARTS) is 1. The topological polar surface area (TPSA) is 77.9 Å². The first-order valence-corrected chi connectivity index (χ1v) is 6.84. The van der Waals surface area contributed by atoms with Crippen molar-refractivity contribution in [2.45, 2.75) is 19.9 Å². The minimum Gasteiger partial charge on any atom is -0.481 e. The van der Waals surface area contributed by atoms with E-state index < -0.39 is 5.97 Å². The van der Waals surface area contributed by atoms with Crippen LogP contribution in [0.2, 0.25) is 0 Å². The summed E-state index contributed by atoms with van der Waals surface area (Å²) in [6.07, 6.45) is -0.0210. The van der Waals surface area contributed by atoms with Crippen LogP contribution in [-0.2, 0) is 27.3 Å². The van der Waals surface area contributed by atoms with Crippen molar-refractivity contribution >= 4 is 17.8 Å². The van der Waals surface area contributed by atoms with Crippen LogP contribution in [-0.4, -0.2) is 52.3 Å². The number of likely N-dealkylation sites (N-methyl/N-ethyl adjacent to an activating group) is 1. The van der Waals surface area contributed by atoms with E-state index in [4.69, 9.17) is 5.11 Å². The van der Waals surface area contributed by atoms with Gasteiger partial charge in [-0.2, -0.15) is 0 Å². The van der Waals surface area contributed by atoms with Gasteiger partial charge in [-0.1, -0.05) is 24.3 Å². The van der Waals surface area contributed by atoms with Gasteiger partial charge in [0.1, 0.15) is 6.54 Å². The second-order valence-corrected chi connectivity index (χ2v) is 5.04. The molecule has 0 aliphatic carbocycles. The predicted molar refractivity (Wildman–Crippen MR) is 75.5 cm³/mol. The van der Waals surface area contributed by atoms with Crippen molar-refractivity contribution in [2.75, 3.05) is 19.6 Å². The van der Waals surface area contributed by atoms with Gasteiger partial charge in [-0.25, -0.2) is 0 Å². The summed E-state index contributed by atoms with van der Waals surface area (Å²) in [5.74, 6) is -0.982. The Labute approximate surface area is 123 Å². The molecule has 1 aromatic carbocycles. The maximum Gasteiger partial charge on any atom is 0.307 e. The van der Waals surface area contributed by atoms with Crippen LogP contribution in [0.1, 0.15) is 18.1 Å². The van der Waals surface area contributed by atoms with Gasteiger partial charge in [-0.3, -0.25) is 14.4 Å². The number of hydrogen-bond acceptors (Lipinski definition) is 3. The van der Waals surface area contributed by atoms with Gasteiger partial charge in [-0.15, -0.1) is 0 Å². The third kappa shape index (κ3) is 3.81. The van der Waals surface area contributed by atoms with Gasteiger partial charge in [0.15, 0.2) is 0 Å². The zero-order valence-electron chi connectivity index (χ0n) is 11.9. The molecule has 1 aliphatic rings. The molecule has 0 atom stereocenters. The Morgan fingerprint density at radius 3 is 2.14 bits per heavy atom. The fourth-order valence-corrected chi connectivity index (χ4v) is 2.29. The van der Waals surface area contributed by atoms with E-state index in [9.17, 15) is 14.4 Å². The second-order valence-electron chi connectivity index (χ2n) is 5.04. The van der Waals surface area contributed by atoms with Crippen LogP contribution < -0.4 is 0 Å². The van der Waals surface area contributed by atoms with Crippen molar-refractivity contribution < 1.29 is 19.5 Å². The van der Waals surface area contributed by atoms with Crippen molar-refractivity contribution in [3.8, 4) is 0 Å². The fraction of sp³-hybridized carbons (Fsp3) is 0.400. The highest BCUT2D eigenvalue weighted by molar-refractivity contribution is 5.92. The highest BCUT2D eigenvalue weighted by Gasteiger charge is 2.28. The van der Waals surface area contributed by atoms with Crippen molar-refractivity contribution in [1.82, 2.24) is 9.80 Å². The molecule has 21 heavy (non-hydrogen) atoms. The molecule has 1 fully saturated rings. The Morgan fingerprint density at radius 2 is 1.57 bits per heavy atom. The average molecular weight is 290 g/mol. The standard InChI is InChI=1S/C15H18N2O4/c1-2-16-9-14(19)17(10-13(16)18)8-12-5-3-11(4-6-12)7-15(20)21/h3-6H,2,7-10H2,1H3,(H,20,21). The third-order valence-corrected chi connectivity index (χ3v) is 3.49. The Kier molecular flexibility index (Phi) is 4.57. The first-order chi connectivity index (χ1) is 9.99. The smallest absolute Gasteiger partial charge is 0.307 e. The molecule has 1 N–H and O–H groups in total. The minimum absolute atomic E-state index is 0.0210. The van der Waals surface area contributed by atoms with Crippen LogP contribution in [0.3, 0.4) is 0 Å². The SMILES string of the molecule is CCN1CC(=O)N(Cc2ccc(CC(=O)O)cc2)CC1=O. The maximum absolute atomic E-state index is 12.0. The number of carbonyl (C=O) groups excluding carboxylic acids is 2. The van der Waals surface area contributed by atoms with Gasteiger partial charge in [0.25, 0.3) is 0 Å². The molecule has 112 valence electrons. The summed E-state index contributed by atoms with van der Waals surface area (Å²) in [6, 6.07) is 7.06. The van der Waals surface area contributed by atoms with Gasteiger partial charge < -0.3 is 14.9 Å². The van der Waals surface area contributed by atoms with E-state index in [1.54, 1.807) is 24.3 Å². The van der Waals surface area contributed by atoms with Crippen LogP contribution >= 0.6 is 0 Å². The lowest BCUT2D eigenvalue weighted by atomic mass is 10.1. The summed E-state index contributed by atoms with van der Waals surface area (Å²) < 4.78 is 0. The first kappa shape index (κ1) is 15.0. The molecular formula is C15H18N2O4. The molecule has 1 aliphatic heterocycles. The molecular weight excluding hydrogens is 272 g/mol. The summed E-state index contributed by atoms with van der Waals surface area (Å²) in [7, 11) is 0. The van der Waals surface area contributed by atoms with E-state index in [0.29, 0.717) is 18.7 Å². The van der Waals surface area contributed by atoms with Gasteiger partial charge in [-0.05, 0) is 18.1 Å². The lowest BCUT2D eigenvalue weighted by molar-refractivity contribution is -0.150. The molecule has 1 saturated heterocycles.